The lowest BCUT2D eigenvalue weighted by Crippen LogP contribution is -2.23. The first-order chi connectivity index (χ1) is 11.2. The van der Waals surface area contributed by atoms with Crippen LogP contribution >= 0.6 is 0 Å². The van der Waals surface area contributed by atoms with Crippen LogP contribution in [0.4, 0.5) is 0 Å². The van der Waals surface area contributed by atoms with Crippen LogP contribution in [0, 0.1) is 6.92 Å². The number of aryl methyl sites for hydroxylation is 1. The Morgan fingerprint density at radius 1 is 1.00 bits per heavy atom. The lowest BCUT2D eigenvalue weighted by Gasteiger charge is -2.05. The van der Waals surface area contributed by atoms with E-state index in [0.717, 1.165) is 11.3 Å². The zero-order valence-electron chi connectivity index (χ0n) is 12.5. The predicted molar refractivity (Wildman–Crippen MR) is 83.2 cm³/mol. The molecule has 3 aromatic heterocycles. The molecule has 114 valence electrons. The summed E-state index contributed by atoms with van der Waals surface area (Å²) in [5.41, 5.74) is 2.77. The molecule has 1 N–H and O–H groups in total. The highest BCUT2D eigenvalue weighted by Crippen LogP contribution is 2.12. The highest BCUT2D eigenvalue weighted by atomic mass is 16.1. The number of nitrogens with one attached hydrogen (secondary N) is 1. The smallest absolute Gasteiger partial charge is 0.254 e. The molecule has 0 aliphatic carbocycles. The van der Waals surface area contributed by atoms with Crippen LogP contribution in [0.1, 0.15) is 21.7 Å². The molecule has 0 atom stereocenters. The molecule has 0 bridgehead atoms. The van der Waals surface area contributed by atoms with Gasteiger partial charge in [-0.15, -0.1) is 0 Å². The summed E-state index contributed by atoms with van der Waals surface area (Å²) in [7, 11) is 0. The molecule has 0 saturated heterocycles. The summed E-state index contributed by atoms with van der Waals surface area (Å²) in [6.45, 7) is 2.16. The van der Waals surface area contributed by atoms with E-state index in [1.165, 1.54) is 12.4 Å². The summed E-state index contributed by atoms with van der Waals surface area (Å²) in [5.74, 6) is 0.294. The van der Waals surface area contributed by atoms with Crippen LogP contribution in [0.5, 0.6) is 0 Å². The number of hydrogen-bond acceptors (Lipinski definition) is 6. The highest BCUT2D eigenvalue weighted by molar-refractivity contribution is 5.93. The first-order valence-electron chi connectivity index (χ1n) is 7.00. The first kappa shape index (κ1) is 14.7. The number of rotatable bonds is 4. The number of carbonyl (C=O) groups excluding carboxylic acids is 1. The molecule has 7 nitrogen and oxygen atoms in total. The molecule has 0 aliphatic heterocycles. The van der Waals surface area contributed by atoms with E-state index in [-0.39, 0.29) is 5.91 Å². The largest absolute Gasteiger partial charge is 0.346 e. The van der Waals surface area contributed by atoms with E-state index in [0.29, 0.717) is 23.6 Å². The summed E-state index contributed by atoms with van der Waals surface area (Å²) in [4.78, 5) is 32.8. The van der Waals surface area contributed by atoms with E-state index >= 15 is 0 Å². The van der Waals surface area contributed by atoms with Gasteiger partial charge < -0.3 is 5.32 Å². The number of amides is 1. The molecule has 7 heteroatoms. The molecule has 3 rings (SSSR count). The predicted octanol–water partition coefficient (Wildman–Crippen LogP) is 1.57. The van der Waals surface area contributed by atoms with Gasteiger partial charge in [0, 0.05) is 36.5 Å². The second-order valence-corrected chi connectivity index (χ2v) is 4.86. The second kappa shape index (κ2) is 6.69. The maximum absolute atomic E-state index is 12.1. The fourth-order valence-electron chi connectivity index (χ4n) is 1.88. The van der Waals surface area contributed by atoms with Crippen molar-refractivity contribution in [2.75, 3.05) is 0 Å². The molecule has 0 spiro atoms. The highest BCUT2D eigenvalue weighted by Gasteiger charge is 2.08. The Balaban J connectivity index is 1.65. The third-order valence-electron chi connectivity index (χ3n) is 3.12. The number of aromatic nitrogens is 5. The van der Waals surface area contributed by atoms with Crippen molar-refractivity contribution in [2.24, 2.45) is 0 Å². The van der Waals surface area contributed by atoms with Gasteiger partial charge in [-0.1, -0.05) is 0 Å². The van der Waals surface area contributed by atoms with Gasteiger partial charge in [0.15, 0.2) is 5.82 Å². The molecule has 0 unspecified atom stereocenters. The van der Waals surface area contributed by atoms with Crippen LogP contribution in [0.15, 0.2) is 49.3 Å². The van der Waals surface area contributed by atoms with Crippen molar-refractivity contribution in [3.8, 4) is 11.4 Å². The van der Waals surface area contributed by atoms with Gasteiger partial charge in [0.2, 0.25) is 0 Å². The number of nitrogens with zero attached hydrogens (tertiary/aromatic N) is 5. The summed E-state index contributed by atoms with van der Waals surface area (Å²) in [5, 5.41) is 2.76. The molecule has 0 aromatic carbocycles. The average Bonchev–Trinajstić information content (AvgIpc) is 2.62. The maximum atomic E-state index is 12.1. The number of pyridine rings is 1. The van der Waals surface area contributed by atoms with Crippen molar-refractivity contribution in [3.63, 3.8) is 0 Å². The van der Waals surface area contributed by atoms with Gasteiger partial charge in [0.25, 0.3) is 5.91 Å². The maximum Gasteiger partial charge on any atom is 0.254 e. The van der Waals surface area contributed by atoms with Crippen LogP contribution in [-0.4, -0.2) is 30.8 Å². The Bertz CT molecular complexity index is 787. The number of carbonyl (C=O) groups is 1. The monoisotopic (exact) mass is 306 g/mol. The van der Waals surface area contributed by atoms with Gasteiger partial charge >= 0.3 is 0 Å². The molecule has 0 fully saturated rings. The average molecular weight is 306 g/mol. The number of hydrogen-bond donors (Lipinski definition) is 1. The lowest BCUT2D eigenvalue weighted by molar-refractivity contribution is 0.0949. The van der Waals surface area contributed by atoms with Gasteiger partial charge in [-0.25, -0.2) is 9.97 Å². The Labute approximate surface area is 132 Å². The van der Waals surface area contributed by atoms with Crippen LogP contribution in [-0.2, 0) is 6.54 Å². The first-order valence-corrected chi connectivity index (χ1v) is 7.00. The SMILES string of the molecule is Cc1cnc(CNC(=O)c2cnc(-c3ccncc3)nc2)cn1. The van der Waals surface area contributed by atoms with Gasteiger partial charge in [-0.2, -0.15) is 0 Å². The van der Waals surface area contributed by atoms with Crippen LogP contribution in [0.2, 0.25) is 0 Å². The van der Waals surface area contributed by atoms with Gasteiger partial charge in [0.1, 0.15) is 0 Å². The van der Waals surface area contributed by atoms with Crippen molar-refractivity contribution in [1.29, 1.82) is 0 Å². The van der Waals surface area contributed by atoms with Crippen molar-refractivity contribution < 1.29 is 4.79 Å². The van der Waals surface area contributed by atoms with Crippen molar-refractivity contribution in [1.82, 2.24) is 30.2 Å². The third kappa shape index (κ3) is 3.70. The van der Waals surface area contributed by atoms with E-state index < -0.39 is 0 Å². The molecular weight excluding hydrogens is 292 g/mol. The summed E-state index contributed by atoms with van der Waals surface area (Å²) in [6.07, 6.45) is 9.63. The quantitative estimate of drug-likeness (QED) is 0.786. The zero-order valence-corrected chi connectivity index (χ0v) is 12.5. The fourth-order valence-corrected chi connectivity index (χ4v) is 1.88. The standard InChI is InChI=1S/C16H14N6O/c1-11-6-19-14(9-18-11)10-22-16(23)13-7-20-15(21-8-13)12-2-4-17-5-3-12/h2-9H,10H2,1H3,(H,22,23). The van der Waals surface area contributed by atoms with Gasteiger partial charge in [-0.3, -0.25) is 19.7 Å². The molecule has 1 amide bonds. The molecule has 3 heterocycles. The minimum absolute atomic E-state index is 0.256. The van der Waals surface area contributed by atoms with Crippen molar-refractivity contribution >= 4 is 5.91 Å². The third-order valence-corrected chi connectivity index (χ3v) is 3.12. The van der Waals surface area contributed by atoms with Gasteiger partial charge in [0.05, 0.1) is 29.7 Å². The molecule has 23 heavy (non-hydrogen) atoms. The van der Waals surface area contributed by atoms with E-state index in [1.807, 2.05) is 19.1 Å². The Kier molecular flexibility index (Phi) is 4.28. The van der Waals surface area contributed by atoms with Gasteiger partial charge in [-0.05, 0) is 19.1 Å². The Hall–Kier alpha value is -3.22. The molecule has 0 radical (unpaired) electrons. The van der Waals surface area contributed by atoms with E-state index in [2.05, 4.69) is 30.2 Å². The topological polar surface area (TPSA) is 93.6 Å². The Morgan fingerprint density at radius 2 is 1.74 bits per heavy atom. The molecule has 3 aromatic rings. The fraction of sp³-hybridized carbons (Fsp3) is 0.125. The van der Waals surface area contributed by atoms with E-state index in [4.69, 9.17) is 0 Å². The van der Waals surface area contributed by atoms with Crippen LogP contribution in [0.25, 0.3) is 11.4 Å². The van der Waals surface area contributed by atoms with Crippen LogP contribution < -0.4 is 5.32 Å². The summed E-state index contributed by atoms with van der Waals surface area (Å²) in [6, 6.07) is 3.62. The Morgan fingerprint density at radius 3 is 2.39 bits per heavy atom. The molecular formula is C16H14N6O. The summed E-state index contributed by atoms with van der Waals surface area (Å²) >= 11 is 0. The van der Waals surface area contributed by atoms with Crippen molar-refractivity contribution in [3.05, 3.63) is 66.3 Å². The van der Waals surface area contributed by atoms with Crippen LogP contribution in [0.3, 0.4) is 0 Å². The minimum atomic E-state index is -0.256. The van der Waals surface area contributed by atoms with E-state index in [9.17, 15) is 4.79 Å². The van der Waals surface area contributed by atoms with Crippen molar-refractivity contribution in [2.45, 2.75) is 13.5 Å². The second-order valence-electron chi connectivity index (χ2n) is 4.86. The normalized spacial score (nSPS) is 10.3. The minimum Gasteiger partial charge on any atom is -0.346 e. The zero-order chi connectivity index (χ0) is 16.1. The molecule has 0 saturated carbocycles. The lowest BCUT2D eigenvalue weighted by atomic mass is 10.2. The summed E-state index contributed by atoms with van der Waals surface area (Å²) < 4.78 is 0. The molecule has 0 aliphatic rings. The van der Waals surface area contributed by atoms with E-state index in [1.54, 1.807) is 24.8 Å².